The van der Waals surface area contributed by atoms with Crippen LogP contribution in [0.25, 0.3) is 0 Å². The molecule has 0 fully saturated rings. The molecule has 0 aromatic carbocycles. The van der Waals surface area contributed by atoms with E-state index in [2.05, 4.69) is 39.1 Å². The summed E-state index contributed by atoms with van der Waals surface area (Å²) < 4.78 is 0. The van der Waals surface area contributed by atoms with Gasteiger partial charge in [0.1, 0.15) is 11.6 Å². The van der Waals surface area contributed by atoms with Gasteiger partial charge in [0.2, 0.25) is 0 Å². The Labute approximate surface area is 101 Å². The van der Waals surface area contributed by atoms with Crippen LogP contribution < -0.4 is 5.32 Å². The lowest BCUT2D eigenvalue weighted by atomic mass is 10.2. The smallest absolute Gasteiger partial charge is 0.133 e. The molecular weight excluding hydrogens is 214 g/mol. The van der Waals surface area contributed by atoms with Crippen LogP contribution in [0.3, 0.4) is 0 Å². The molecule has 0 atom stereocenters. The molecule has 0 aliphatic carbocycles. The van der Waals surface area contributed by atoms with Gasteiger partial charge in [0.05, 0.1) is 18.6 Å². The molecule has 0 aliphatic rings. The van der Waals surface area contributed by atoms with Gasteiger partial charge >= 0.3 is 0 Å². The van der Waals surface area contributed by atoms with Crippen LogP contribution in [-0.2, 0) is 6.54 Å². The molecule has 2 aromatic rings. The van der Waals surface area contributed by atoms with Crippen LogP contribution in [-0.4, -0.2) is 19.9 Å². The number of nitrogens with zero attached hydrogens (tertiary/aromatic N) is 3. The summed E-state index contributed by atoms with van der Waals surface area (Å²) in [5, 5.41) is 3.26. The Morgan fingerprint density at radius 1 is 1.35 bits per heavy atom. The quantitative estimate of drug-likeness (QED) is 0.847. The molecule has 0 unspecified atom stereocenters. The van der Waals surface area contributed by atoms with Crippen molar-refractivity contribution in [2.75, 3.05) is 5.32 Å². The number of hydrogen-bond donors (Lipinski definition) is 2. The van der Waals surface area contributed by atoms with E-state index in [9.17, 15) is 0 Å². The number of nitrogens with one attached hydrogen (secondary N) is 2. The molecule has 0 amide bonds. The van der Waals surface area contributed by atoms with Crippen LogP contribution in [0.4, 0.5) is 5.82 Å². The van der Waals surface area contributed by atoms with E-state index < -0.39 is 0 Å². The fourth-order valence-electron chi connectivity index (χ4n) is 1.51. The van der Waals surface area contributed by atoms with E-state index in [4.69, 9.17) is 0 Å². The summed E-state index contributed by atoms with van der Waals surface area (Å²) in [6.45, 7) is 6.85. The van der Waals surface area contributed by atoms with Crippen LogP contribution in [0.15, 0.2) is 18.6 Å². The molecule has 0 spiro atoms. The molecule has 5 nitrogen and oxygen atoms in total. The number of aromatic nitrogens is 4. The minimum Gasteiger partial charge on any atom is -0.364 e. The normalized spacial score (nSPS) is 10.8. The predicted molar refractivity (Wildman–Crippen MR) is 66.8 cm³/mol. The highest BCUT2D eigenvalue weighted by molar-refractivity contribution is 5.36. The van der Waals surface area contributed by atoms with Crippen molar-refractivity contribution >= 4 is 5.82 Å². The summed E-state index contributed by atoms with van der Waals surface area (Å²) in [5.41, 5.74) is 2.02. The van der Waals surface area contributed by atoms with E-state index in [0.717, 1.165) is 23.0 Å². The van der Waals surface area contributed by atoms with Crippen LogP contribution in [0, 0.1) is 6.92 Å². The lowest BCUT2D eigenvalue weighted by molar-refractivity contribution is 0.766. The zero-order valence-electron chi connectivity index (χ0n) is 10.4. The van der Waals surface area contributed by atoms with Gasteiger partial charge < -0.3 is 10.3 Å². The highest BCUT2D eigenvalue weighted by atomic mass is 15.0. The first-order chi connectivity index (χ1) is 8.15. The lowest BCUT2D eigenvalue weighted by Crippen LogP contribution is -2.06. The van der Waals surface area contributed by atoms with E-state index >= 15 is 0 Å². The maximum absolute atomic E-state index is 4.48. The summed E-state index contributed by atoms with van der Waals surface area (Å²) in [6.07, 6.45) is 3.46. The molecule has 0 saturated carbocycles. The zero-order chi connectivity index (χ0) is 12.3. The molecular formula is C12H17N5. The predicted octanol–water partition coefficient (Wildman–Crippen LogP) is 2.24. The number of rotatable bonds is 4. The topological polar surface area (TPSA) is 66.5 Å². The Morgan fingerprint density at radius 3 is 2.82 bits per heavy atom. The molecule has 0 bridgehead atoms. The maximum atomic E-state index is 4.48. The maximum Gasteiger partial charge on any atom is 0.133 e. The number of H-pyrrole nitrogens is 1. The Morgan fingerprint density at radius 2 is 2.18 bits per heavy atom. The minimum atomic E-state index is 0.336. The molecule has 2 aromatic heterocycles. The Kier molecular flexibility index (Phi) is 3.37. The first-order valence-electron chi connectivity index (χ1n) is 5.72. The van der Waals surface area contributed by atoms with Gasteiger partial charge in [-0.3, -0.25) is 0 Å². The van der Waals surface area contributed by atoms with Crippen molar-refractivity contribution in [3.05, 3.63) is 35.8 Å². The fourth-order valence-corrected chi connectivity index (χ4v) is 1.51. The number of hydrogen-bond acceptors (Lipinski definition) is 4. The second-order valence-corrected chi connectivity index (χ2v) is 4.34. The number of imidazole rings is 1. The van der Waals surface area contributed by atoms with E-state index in [-0.39, 0.29) is 0 Å². The van der Waals surface area contributed by atoms with E-state index in [1.807, 2.05) is 13.0 Å². The van der Waals surface area contributed by atoms with Gasteiger partial charge in [-0.05, 0) is 6.92 Å². The third kappa shape index (κ3) is 3.03. The molecule has 2 heterocycles. The van der Waals surface area contributed by atoms with Crippen molar-refractivity contribution in [3.63, 3.8) is 0 Å². The highest BCUT2D eigenvalue weighted by Gasteiger charge is 2.06. The third-order valence-electron chi connectivity index (χ3n) is 2.40. The first kappa shape index (κ1) is 11.6. The van der Waals surface area contributed by atoms with Crippen molar-refractivity contribution in [1.82, 2.24) is 19.9 Å². The standard InChI is InChI=1S/C12H17N5/c1-8(2)12-16-9(3)4-11(17-12)14-6-10-5-13-7-15-10/h4-5,7-8H,6H2,1-3H3,(H,13,15)(H,14,16,17). The van der Waals surface area contributed by atoms with Crippen LogP contribution >= 0.6 is 0 Å². The SMILES string of the molecule is Cc1cc(NCc2cnc[nH]2)nc(C(C)C)n1. The van der Waals surface area contributed by atoms with Gasteiger partial charge in [-0.15, -0.1) is 0 Å². The fraction of sp³-hybridized carbons (Fsp3) is 0.417. The zero-order valence-corrected chi connectivity index (χ0v) is 10.4. The average molecular weight is 231 g/mol. The summed E-state index contributed by atoms with van der Waals surface area (Å²) >= 11 is 0. The summed E-state index contributed by atoms with van der Waals surface area (Å²) in [5.74, 6) is 2.07. The number of aryl methyl sites for hydroxylation is 1. The first-order valence-corrected chi connectivity index (χ1v) is 5.72. The van der Waals surface area contributed by atoms with E-state index in [0.29, 0.717) is 12.5 Å². The van der Waals surface area contributed by atoms with Gasteiger partial charge in [-0.25, -0.2) is 15.0 Å². The Bertz CT molecular complexity index is 476. The summed E-state index contributed by atoms with van der Waals surface area (Å²) in [6, 6.07) is 1.95. The van der Waals surface area contributed by atoms with Crippen LogP contribution in [0.1, 0.15) is 37.0 Å². The van der Waals surface area contributed by atoms with E-state index in [1.165, 1.54) is 0 Å². The second-order valence-electron chi connectivity index (χ2n) is 4.34. The molecule has 0 aliphatic heterocycles. The van der Waals surface area contributed by atoms with Gasteiger partial charge in [-0.2, -0.15) is 0 Å². The Hall–Kier alpha value is -1.91. The molecule has 5 heteroatoms. The molecule has 0 saturated heterocycles. The molecule has 0 radical (unpaired) electrons. The summed E-state index contributed by atoms with van der Waals surface area (Å²) in [7, 11) is 0. The van der Waals surface area contributed by atoms with Gasteiger partial charge in [0.25, 0.3) is 0 Å². The van der Waals surface area contributed by atoms with Crippen LogP contribution in [0.2, 0.25) is 0 Å². The molecule has 2 rings (SSSR count). The minimum absolute atomic E-state index is 0.336. The third-order valence-corrected chi connectivity index (χ3v) is 2.40. The lowest BCUT2D eigenvalue weighted by Gasteiger charge is -2.09. The molecule has 2 N–H and O–H groups in total. The second kappa shape index (κ2) is 4.95. The summed E-state index contributed by atoms with van der Waals surface area (Å²) in [4.78, 5) is 15.9. The number of aromatic amines is 1. The van der Waals surface area contributed by atoms with Gasteiger partial charge in [0, 0.05) is 23.9 Å². The van der Waals surface area contributed by atoms with E-state index in [1.54, 1.807) is 12.5 Å². The van der Waals surface area contributed by atoms with Crippen molar-refractivity contribution < 1.29 is 0 Å². The average Bonchev–Trinajstić information content (AvgIpc) is 2.78. The molecule has 90 valence electrons. The molecule has 17 heavy (non-hydrogen) atoms. The van der Waals surface area contributed by atoms with Crippen LogP contribution in [0.5, 0.6) is 0 Å². The largest absolute Gasteiger partial charge is 0.364 e. The monoisotopic (exact) mass is 231 g/mol. The Balaban J connectivity index is 2.10. The van der Waals surface area contributed by atoms with Crippen molar-refractivity contribution in [2.24, 2.45) is 0 Å². The highest BCUT2D eigenvalue weighted by Crippen LogP contribution is 2.13. The van der Waals surface area contributed by atoms with Gasteiger partial charge in [0.15, 0.2) is 0 Å². The number of anilines is 1. The van der Waals surface area contributed by atoms with Crippen molar-refractivity contribution in [2.45, 2.75) is 33.2 Å². The van der Waals surface area contributed by atoms with Crippen molar-refractivity contribution in [3.8, 4) is 0 Å². The van der Waals surface area contributed by atoms with Gasteiger partial charge in [-0.1, -0.05) is 13.8 Å². The van der Waals surface area contributed by atoms with Crippen molar-refractivity contribution in [1.29, 1.82) is 0 Å².